The summed E-state index contributed by atoms with van der Waals surface area (Å²) in [5.74, 6) is 3.07. The SMILES string of the molecule is CCC1CCC2[B]C1CCC2. The van der Waals surface area contributed by atoms with Gasteiger partial charge in [0.05, 0.1) is 0 Å². The normalized spacial score (nSPS) is 43.2. The van der Waals surface area contributed by atoms with Gasteiger partial charge in [-0.3, -0.25) is 0 Å². The van der Waals surface area contributed by atoms with Gasteiger partial charge in [-0.25, -0.2) is 0 Å². The minimum Gasteiger partial charge on any atom is -0.0686 e. The minimum atomic E-state index is 1.01. The van der Waals surface area contributed by atoms with Crippen LogP contribution in [0.5, 0.6) is 0 Å². The second-order valence-electron chi connectivity index (χ2n) is 4.29. The van der Waals surface area contributed by atoms with E-state index in [1.165, 1.54) is 38.5 Å². The highest BCUT2D eigenvalue weighted by Crippen LogP contribution is 2.45. The summed E-state index contributed by atoms with van der Waals surface area (Å²) in [5.41, 5.74) is 0. The van der Waals surface area contributed by atoms with Crippen LogP contribution in [0, 0.1) is 5.92 Å². The van der Waals surface area contributed by atoms with Crippen LogP contribution in [0.3, 0.4) is 0 Å². The molecule has 0 aromatic carbocycles. The van der Waals surface area contributed by atoms with Gasteiger partial charge in [0.1, 0.15) is 7.28 Å². The van der Waals surface area contributed by atoms with Crippen molar-refractivity contribution >= 4 is 7.28 Å². The summed E-state index contributed by atoms with van der Waals surface area (Å²) in [7, 11) is 2.67. The first-order chi connectivity index (χ1) is 5.40. The van der Waals surface area contributed by atoms with E-state index in [-0.39, 0.29) is 0 Å². The summed E-state index contributed by atoms with van der Waals surface area (Å²) in [4.78, 5) is 0. The predicted molar refractivity (Wildman–Crippen MR) is 50.1 cm³/mol. The summed E-state index contributed by atoms with van der Waals surface area (Å²) in [6.45, 7) is 2.35. The number of rotatable bonds is 1. The van der Waals surface area contributed by atoms with Gasteiger partial charge < -0.3 is 0 Å². The Morgan fingerprint density at radius 2 is 2.09 bits per heavy atom. The Morgan fingerprint density at radius 3 is 2.91 bits per heavy atom. The molecule has 2 bridgehead atoms. The van der Waals surface area contributed by atoms with E-state index in [2.05, 4.69) is 14.2 Å². The van der Waals surface area contributed by atoms with E-state index in [4.69, 9.17) is 0 Å². The highest BCUT2D eigenvalue weighted by molar-refractivity contribution is 6.40. The van der Waals surface area contributed by atoms with Gasteiger partial charge in [0.25, 0.3) is 0 Å². The van der Waals surface area contributed by atoms with Crippen molar-refractivity contribution < 1.29 is 0 Å². The number of hydrogen-bond acceptors (Lipinski definition) is 0. The second kappa shape index (κ2) is 3.20. The van der Waals surface area contributed by atoms with Crippen molar-refractivity contribution in [1.29, 1.82) is 0 Å². The molecule has 1 heteroatoms. The van der Waals surface area contributed by atoms with Crippen LogP contribution in [0.25, 0.3) is 0 Å². The van der Waals surface area contributed by atoms with E-state index in [9.17, 15) is 0 Å². The monoisotopic (exact) mass is 149 g/mol. The van der Waals surface area contributed by atoms with Crippen LogP contribution in [-0.4, -0.2) is 7.28 Å². The fourth-order valence-corrected chi connectivity index (χ4v) is 2.94. The van der Waals surface area contributed by atoms with Crippen LogP contribution in [0.2, 0.25) is 11.6 Å². The van der Waals surface area contributed by atoms with Crippen molar-refractivity contribution in [3.63, 3.8) is 0 Å². The Balaban J connectivity index is 1.97. The van der Waals surface area contributed by atoms with E-state index in [0.717, 1.165) is 17.6 Å². The average Bonchev–Trinajstić information content (AvgIpc) is 2.06. The number of fused-ring (bicyclic) bond motifs is 2. The Hall–Kier alpha value is 0.0649. The zero-order chi connectivity index (χ0) is 7.68. The van der Waals surface area contributed by atoms with Gasteiger partial charge in [0, 0.05) is 0 Å². The van der Waals surface area contributed by atoms with Crippen LogP contribution in [0.4, 0.5) is 0 Å². The molecule has 0 spiro atoms. The summed E-state index contributed by atoms with van der Waals surface area (Å²) in [6.07, 6.45) is 8.91. The molecule has 2 saturated heterocycles. The van der Waals surface area contributed by atoms with Gasteiger partial charge in [-0.2, -0.15) is 0 Å². The molecule has 0 saturated carbocycles. The van der Waals surface area contributed by atoms with E-state index in [1.54, 1.807) is 0 Å². The molecule has 0 aromatic rings. The highest BCUT2D eigenvalue weighted by atomic mass is 14.3. The molecule has 11 heavy (non-hydrogen) atoms. The molecule has 2 heterocycles. The largest absolute Gasteiger partial charge is 0.118 e. The van der Waals surface area contributed by atoms with Crippen LogP contribution in [0.1, 0.15) is 45.4 Å². The zero-order valence-corrected chi connectivity index (χ0v) is 7.55. The number of hydrogen-bond donors (Lipinski definition) is 0. The highest BCUT2D eigenvalue weighted by Gasteiger charge is 2.32. The van der Waals surface area contributed by atoms with Crippen molar-refractivity contribution in [2.24, 2.45) is 5.92 Å². The molecule has 61 valence electrons. The van der Waals surface area contributed by atoms with E-state index in [1.807, 2.05) is 0 Å². The van der Waals surface area contributed by atoms with Gasteiger partial charge >= 0.3 is 0 Å². The fraction of sp³-hybridized carbons (Fsp3) is 1.00. The first-order valence-electron chi connectivity index (χ1n) is 5.25. The lowest BCUT2D eigenvalue weighted by molar-refractivity contribution is 0.334. The van der Waals surface area contributed by atoms with Crippen molar-refractivity contribution in [2.75, 3.05) is 0 Å². The molecule has 0 amide bonds. The van der Waals surface area contributed by atoms with Gasteiger partial charge in [0.2, 0.25) is 0 Å². The maximum Gasteiger partial charge on any atom is 0.118 e. The molecular weight excluding hydrogens is 131 g/mol. The lowest BCUT2D eigenvalue weighted by Gasteiger charge is -2.39. The molecular formula is C10H18B. The zero-order valence-electron chi connectivity index (χ0n) is 7.55. The minimum absolute atomic E-state index is 1.01. The molecule has 0 N–H and O–H groups in total. The summed E-state index contributed by atoms with van der Waals surface area (Å²) in [5, 5.41) is 0. The van der Waals surface area contributed by atoms with Crippen LogP contribution in [0.15, 0.2) is 0 Å². The van der Waals surface area contributed by atoms with E-state index >= 15 is 0 Å². The molecule has 2 aliphatic heterocycles. The molecule has 3 atom stereocenters. The molecule has 0 nitrogen and oxygen atoms in total. The molecule has 2 aliphatic rings. The van der Waals surface area contributed by atoms with Crippen LogP contribution < -0.4 is 0 Å². The first-order valence-corrected chi connectivity index (χ1v) is 5.25. The molecule has 0 aliphatic carbocycles. The van der Waals surface area contributed by atoms with Crippen LogP contribution in [-0.2, 0) is 0 Å². The summed E-state index contributed by atoms with van der Waals surface area (Å²) < 4.78 is 0. The predicted octanol–water partition coefficient (Wildman–Crippen LogP) is 3.27. The maximum atomic E-state index is 2.67. The Bertz CT molecular complexity index is 133. The van der Waals surface area contributed by atoms with Gasteiger partial charge in [-0.1, -0.05) is 57.1 Å². The first kappa shape index (κ1) is 7.70. The molecule has 1 radical (unpaired) electrons. The Kier molecular flexibility index (Phi) is 2.24. The lowest BCUT2D eigenvalue weighted by atomic mass is 9.41. The summed E-state index contributed by atoms with van der Waals surface area (Å²) in [6, 6.07) is 0. The van der Waals surface area contributed by atoms with Gasteiger partial charge in [-0.15, -0.1) is 0 Å². The Labute approximate surface area is 71.0 Å². The third kappa shape index (κ3) is 1.48. The van der Waals surface area contributed by atoms with Crippen LogP contribution >= 0.6 is 0 Å². The van der Waals surface area contributed by atoms with Crippen molar-refractivity contribution in [2.45, 2.75) is 57.1 Å². The topological polar surface area (TPSA) is 0 Å². The molecule has 2 fully saturated rings. The van der Waals surface area contributed by atoms with Crippen molar-refractivity contribution in [3.8, 4) is 0 Å². The van der Waals surface area contributed by atoms with Gasteiger partial charge in [0.15, 0.2) is 0 Å². The maximum absolute atomic E-state index is 2.67. The second-order valence-corrected chi connectivity index (χ2v) is 4.29. The van der Waals surface area contributed by atoms with E-state index in [0.29, 0.717) is 0 Å². The lowest BCUT2D eigenvalue weighted by Crippen LogP contribution is -2.28. The third-order valence-corrected chi connectivity index (χ3v) is 3.67. The molecule has 3 unspecified atom stereocenters. The average molecular weight is 149 g/mol. The molecule has 0 aromatic heterocycles. The van der Waals surface area contributed by atoms with E-state index < -0.39 is 0 Å². The van der Waals surface area contributed by atoms with Crippen molar-refractivity contribution in [3.05, 3.63) is 0 Å². The summed E-state index contributed by atoms with van der Waals surface area (Å²) >= 11 is 0. The van der Waals surface area contributed by atoms with Crippen molar-refractivity contribution in [1.82, 2.24) is 0 Å². The standard InChI is InChI=1S/C10H18B/c1-2-8-6-7-9-4-3-5-10(8)11-9/h8-10H,2-7H2,1H3. The third-order valence-electron chi connectivity index (χ3n) is 3.67. The fourth-order valence-electron chi connectivity index (χ4n) is 2.94. The molecule has 2 rings (SSSR count). The quantitative estimate of drug-likeness (QED) is 0.502. The Morgan fingerprint density at radius 1 is 1.18 bits per heavy atom. The van der Waals surface area contributed by atoms with Gasteiger partial charge in [-0.05, 0) is 5.92 Å². The smallest absolute Gasteiger partial charge is 0.0686 e.